The summed E-state index contributed by atoms with van der Waals surface area (Å²) in [5, 5.41) is 7.80. The van der Waals surface area contributed by atoms with Gasteiger partial charge in [-0.2, -0.15) is 0 Å². The number of nitrogen functional groups attached to an aromatic ring is 1. The van der Waals surface area contributed by atoms with Crippen molar-refractivity contribution in [3.05, 3.63) is 27.8 Å². The zero-order valence-corrected chi connectivity index (χ0v) is 10.2. The van der Waals surface area contributed by atoms with Crippen LogP contribution in [0, 0.1) is 0 Å². The topological polar surface area (TPSA) is 93.8 Å². The number of nitrogens with zero attached hydrogens (tertiary/aromatic N) is 3. The van der Waals surface area contributed by atoms with Gasteiger partial charge in [0.25, 0.3) is 5.91 Å². The molecule has 0 aliphatic heterocycles. The maximum Gasteiger partial charge on any atom is 0.278 e. The van der Waals surface area contributed by atoms with Crippen molar-refractivity contribution in [2.24, 2.45) is 0 Å². The van der Waals surface area contributed by atoms with Crippen LogP contribution in [0.3, 0.4) is 0 Å². The lowest BCUT2D eigenvalue weighted by Crippen LogP contribution is -2.14. The van der Waals surface area contributed by atoms with Gasteiger partial charge in [0, 0.05) is 5.38 Å². The van der Waals surface area contributed by atoms with Gasteiger partial charge < -0.3 is 11.1 Å². The van der Waals surface area contributed by atoms with Crippen LogP contribution < -0.4 is 11.1 Å². The Hall–Kier alpha value is -1.54. The molecule has 2 aromatic heterocycles. The summed E-state index contributed by atoms with van der Waals surface area (Å²) in [6.07, 6.45) is 1.46. The molecule has 0 spiro atoms. The summed E-state index contributed by atoms with van der Waals surface area (Å²) in [4.78, 5) is 15.6. The van der Waals surface area contributed by atoms with Gasteiger partial charge in [-0.1, -0.05) is 4.49 Å². The summed E-state index contributed by atoms with van der Waals surface area (Å²) >= 11 is 4.36. The number of nitrogens with one attached hydrogen (secondary N) is 1. The molecule has 0 bridgehead atoms. The van der Waals surface area contributed by atoms with Gasteiger partial charge in [0.15, 0.2) is 5.69 Å². The van der Waals surface area contributed by atoms with Crippen LogP contribution in [0.25, 0.3) is 0 Å². The zero-order valence-electron chi connectivity index (χ0n) is 7.85. The Bertz CT molecular complexity index is 515. The summed E-state index contributed by atoms with van der Waals surface area (Å²) in [5.74, 6) is 0.0407. The number of hydrogen-bond acceptors (Lipinski definition) is 6. The first kappa shape index (κ1) is 11.0. The average molecular weight is 300 g/mol. The molecule has 2 aromatic rings. The molecule has 8 heteroatoms. The molecule has 16 heavy (non-hydrogen) atoms. The largest absolute Gasteiger partial charge is 0.397 e. The molecular weight excluding hydrogens is 294 g/mol. The third-order valence-electron chi connectivity index (χ3n) is 1.69. The van der Waals surface area contributed by atoms with Crippen molar-refractivity contribution in [1.82, 2.24) is 14.6 Å². The van der Waals surface area contributed by atoms with Crippen molar-refractivity contribution in [1.29, 1.82) is 0 Å². The van der Waals surface area contributed by atoms with E-state index in [-0.39, 0.29) is 11.6 Å². The molecule has 0 aliphatic carbocycles. The van der Waals surface area contributed by atoms with E-state index in [9.17, 15) is 4.79 Å². The van der Waals surface area contributed by atoms with Crippen molar-refractivity contribution in [2.45, 2.75) is 0 Å². The number of anilines is 2. The van der Waals surface area contributed by atoms with E-state index in [0.717, 1.165) is 11.5 Å². The summed E-state index contributed by atoms with van der Waals surface area (Å²) in [6, 6.07) is 1.65. The van der Waals surface area contributed by atoms with Crippen LogP contribution in [0.2, 0.25) is 0 Å². The number of pyridine rings is 1. The highest BCUT2D eigenvalue weighted by Gasteiger charge is 2.11. The van der Waals surface area contributed by atoms with E-state index < -0.39 is 0 Å². The number of carbonyl (C=O) groups is 1. The lowest BCUT2D eigenvalue weighted by atomic mass is 10.4. The van der Waals surface area contributed by atoms with Crippen LogP contribution in [0.1, 0.15) is 10.5 Å². The van der Waals surface area contributed by atoms with Crippen molar-refractivity contribution < 1.29 is 4.79 Å². The highest BCUT2D eigenvalue weighted by molar-refractivity contribution is 9.10. The first-order chi connectivity index (χ1) is 7.66. The predicted molar refractivity (Wildman–Crippen MR) is 64.2 cm³/mol. The minimum atomic E-state index is -0.355. The fourth-order valence-corrected chi connectivity index (χ4v) is 1.88. The third-order valence-corrected chi connectivity index (χ3v) is 2.80. The normalized spacial score (nSPS) is 10.1. The first-order valence-corrected chi connectivity index (χ1v) is 5.79. The molecule has 0 saturated heterocycles. The quantitative estimate of drug-likeness (QED) is 0.877. The fourth-order valence-electron chi connectivity index (χ4n) is 0.980. The average Bonchev–Trinajstić information content (AvgIpc) is 2.75. The number of rotatable bonds is 2. The van der Waals surface area contributed by atoms with Gasteiger partial charge in [-0.05, 0) is 33.5 Å². The summed E-state index contributed by atoms with van der Waals surface area (Å²) in [6.45, 7) is 0. The second kappa shape index (κ2) is 4.54. The number of nitrogens with two attached hydrogens (primary N) is 1. The van der Waals surface area contributed by atoms with Gasteiger partial charge >= 0.3 is 0 Å². The standard InChI is InChI=1S/C8H6BrN5OS/c9-5-1-4(10)2-11-7(5)12-8(15)6-3-16-14-13-6/h1-3H,10H2,(H,11,12,15). The maximum atomic E-state index is 11.6. The lowest BCUT2D eigenvalue weighted by Gasteiger charge is -2.04. The molecule has 0 aliphatic rings. The smallest absolute Gasteiger partial charge is 0.278 e. The molecule has 82 valence electrons. The lowest BCUT2D eigenvalue weighted by molar-refractivity contribution is 0.102. The van der Waals surface area contributed by atoms with Gasteiger partial charge in [-0.25, -0.2) is 4.98 Å². The Morgan fingerprint density at radius 2 is 2.38 bits per heavy atom. The van der Waals surface area contributed by atoms with Gasteiger partial charge in [0.1, 0.15) is 5.82 Å². The van der Waals surface area contributed by atoms with Gasteiger partial charge in [-0.3, -0.25) is 4.79 Å². The zero-order chi connectivity index (χ0) is 11.5. The molecule has 0 aromatic carbocycles. The summed E-state index contributed by atoms with van der Waals surface area (Å²) in [7, 11) is 0. The van der Waals surface area contributed by atoms with E-state index in [0.29, 0.717) is 16.0 Å². The number of hydrogen-bond donors (Lipinski definition) is 2. The molecular formula is C8H6BrN5OS. The predicted octanol–water partition coefficient (Wildman–Crippen LogP) is 1.53. The van der Waals surface area contributed by atoms with E-state index in [1.165, 1.54) is 6.20 Å². The molecule has 0 atom stereocenters. The van der Waals surface area contributed by atoms with Crippen LogP contribution >= 0.6 is 27.5 Å². The Morgan fingerprint density at radius 3 is 3.00 bits per heavy atom. The molecule has 0 unspecified atom stereocenters. The van der Waals surface area contributed by atoms with Crippen LogP contribution in [0.5, 0.6) is 0 Å². The van der Waals surface area contributed by atoms with Gasteiger partial charge in [0.05, 0.1) is 16.4 Å². The van der Waals surface area contributed by atoms with Gasteiger partial charge in [-0.15, -0.1) is 5.10 Å². The van der Waals surface area contributed by atoms with Crippen LogP contribution in [0.15, 0.2) is 22.1 Å². The second-order valence-electron chi connectivity index (χ2n) is 2.84. The Morgan fingerprint density at radius 1 is 1.56 bits per heavy atom. The van der Waals surface area contributed by atoms with E-state index in [4.69, 9.17) is 5.73 Å². The van der Waals surface area contributed by atoms with Crippen molar-refractivity contribution in [3.8, 4) is 0 Å². The first-order valence-electron chi connectivity index (χ1n) is 4.16. The highest BCUT2D eigenvalue weighted by Crippen LogP contribution is 2.22. The molecule has 6 nitrogen and oxygen atoms in total. The number of carbonyl (C=O) groups excluding carboxylic acids is 1. The van der Waals surface area contributed by atoms with E-state index >= 15 is 0 Å². The van der Waals surface area contributed by atoms with E-state index in [1.807, 2.05) is 0 Å². The van der Waals surface area contributed by atoms with Gasteiger partial charge in [0.2, 0.25) is 0 Å². The Kier molecular flexibility index (Phi) is 3.11. The summed E-state index contributed by atoms with van der Waals surface area (Å²) in [5.41, 5.74) is 6.30. The minimum absolute atomic E-state index is 0.260. The van der Waals surface area contributed by atoms with Crippen molar-refractivity contribution >= 4 is 44.9 Å². The maximum absolute atomic E-state index is 11.6. The SMILES string of the molecule is Nc1cnc(NC(=O)c2csnn2)c(Br)c1. The van der Waals surface area contributed by atoms with Crippen molar-refractivity contribution in [3.63, 3.8) is 0 Å². The molecule has 0 fully saturated rings. The van der Waals surface area contributed by atoms with E-state index in [1.54, 1.807) is 11.4 Å². The number of aromatic nitrogens is 3. The molecule has 2 heterocycles. The second-order valence-corrected chi connectivity index (χ2v) is 4.31. The Labute approximate surface area is 103 Å². The fraction of sp³-hybridized carbons (Fsp3) is 0. The number of halogens is 1. The third kappa shape index (κ3) is 2.34. The number of amides is 1. The van der Waals surface area contributed by atoms with Crippen LogP contribution in [-0.2, 0) is 0 Å². The van der Waals surface area contributed by atoms with Crippen LogP contribution in [-0.4, -0.2) is 20.5 Å². The molecule has 1 amide bonds. The van der Waals surface area contributed by atoms with Crippen LogP contribution in [0.4, 0.5) is 11.5 Å². The van der Waals surface area contributed by atoms with Crippen molar-refractivity contribution in [2.75, 3.05) is 11.1 Å². The molecule has 2 rings (SSSR count). The molecule has 3 N–H and O–H groups in total. The highest BCUT2D eigenvalue weighted by atomic mass is 79.9. The minimum Gasteiger partial charge on any atom is -0.397 e. The van der Waals surface area contributed by atoms with E-state index in [2.05, 4.69) is 35.8 Å². The molecule has 0 saturated carbocycles. The monoisotopic (exact) mass is 299 g/mol. The Balaban J connectivity index is 2.18. The molecule has 0 radical (unpaired) electrons. The summed E-state index contributed by atoms with van der Waals surface area (Å²) < 4.78 is 4.21.